The van der Waals surface area contributed by atoms with Crippen LogP contribution in [0.3, 0.4) is 0 Å². The Morgan fingerprint density at radius 1 is 1.08 bits per heavy atom. The topological polar surface area (TPSA) is 19.4 Å². The molecule has 24 heavy (non-hydrogen) atoms. The van der Waals surface area contributed by atoms with Crippen molar-refractivity contribution in [3.05, 3.63) is 63.9 Å². The van der Waals surface area contributed by atoms with E-state index in [9.17, 15) is 8.78 Å². The summed E-state index contributed by atoms with van der Waals surface area (Å²) in [5.74, 6) is -0.695. The molecule has 3 nitrogen and oxygen atoms in total. The number of nitrogens with zero attached hydrogens (tertiary/aromatic N) is 3. The van der Waals surface area contributed by atoms with Crippen LogP contribution in [0, 0.1) is 11.6 Å². The molecule has 0 saturated carbocycles. The Bertz CT molecular complexity index is 743. The second kappa shape index (κ2) is 6.50. The molecule has 3 aliphatic heterocycles. The van der Waals surface area contributed by atoms with Crippen LogP contribution in [-0.2, 0) is 13.1 Å². The fourth-order valence-corrected chi connectivity index (χ4v) is 4.24. The lowest BCUT2D eigenvalue weighted by Crippen LogP contribution is -2.67. The predicted octanol–water partition coefficient (Wildman–Crippen LogP) is 3.58. The molecule has 126 valence electrons. The first-order valence-corrected chi connectivity index (χ1v) is 8.89. The highest BCUT2D eigenvalue weighted by Crippen LogP contribution is 2.34. The molecule has 3 aliphatic rings. The van der Waals surface area contributed by atoms with Crippen molar-refractivity contribution in [2.45, 2.75) is 31.6 Å². The number of hydrogen-bond donors (Lipinski definition) is 0. The highest BCUT2D eigenvalue weighted by atomic mass is 79.9. The molecule has 3 saturated heterocycles. The molecule has 2 unspecified atom stereocenters. The van der Waals surface area contributed by atoms with E-state index in [0.717, 1.165) is 30.5 Å². The standard InChI is InChI=1S/C18H18BrF2N3/c19-14-3-12(6-22-7-14)8-23-10-16-5-17(11-23)24(16)9-13-4-15(20)1-2-18(13)21/h1-4,6-7,16-17H,5,8-11H2. The monoisotopic (exact) mass is 393 g/mol. The number of fused-ring (bicyclic) bond motifs is 2. The van der Waals surface area contributed by atoms with Crippen molar-refractivity contribution < 1.29 is 8.78 Å². The van der Waals surface area contributed by atoms with E-state index in [-0.39, 0.29) is 11.6 Å². The molecule has 1 aromatic carbocycles. The van der Waals surface area contributed by atoms with Gasteiger partial charge in [0.15, 0.2) is 0 Å². The Labute approximate surface area is 148 Å². The van der Waals surface area contributed by atoms with E-state index in [1.807, 2.05) is 6.20 Å². The molecule has 5 rings (SSSR count). The van der Waals surface area contributed by atoms with Gasteiger partial charge in [0, 0.05) is 60.7 Å². The number of pyridine rings is 1. The third kappa shape index (κ3) is 3.23. The quantitative estimate of drug-likeness (QED) is 0.791. The molecule has 6 heteroatoms. The van der Waals surface area contributed by atoms with Crippen LogP contribution in [-0.4, -0.2) is 40.0 Å². The zero-order chi connectivity index (χ0) is 16.7. The van der Waals surface area contributed by atoms with Crippen molar-refractivity contribution in [1.29, 1.82) is 0 Å². The maximum absolute atomic E-state index is 13.9. The second-order valence-electron chi connectivity index (χ2n) is 6.66. The van der Waals surface area contributed by atoms with Crippen molar-refractivity contribution in [1.82, 2.24) is 14.8 Å². The van der Waals surface area contributed by atoms with Crippen LogP contribution in [0.2, 0.25) is 0 Å². The van der Waals surface area contributed by atoms with Crippen LogP contribution in [0.15, 0.2) is 41.1 Å². The molecule has 0 amide bonds. The Morgan fingerprint density at radius 2 is 1.88 bits per heavy atom. The highest BCUT2D eigenvalue weighted by Gasteiger charge is 2.44. The molecule has 2 atom stereocenters. The van der Waals surface area contributed by atoms with Gasteiger partial charge < -0.3 is 0 Å². The van der Waals surface area contributed by atoms with Crippen LogP contribution < -0.4 is 0 Å². The molecule has 0 N–H and O–H groups in total. The predicted molar refractivity (Wildman–Crippen MR) is 91.3 cm³/mol. The van der Waals surface area contributed by atoms with Gasteiger partial charge in [-0.25, -0.2) is 8.78 Å². The molecule has 0 aliphatic carbocycles. The highest BCUT2D eigenvalue weighted by molar-refractivity contribution is 9.10. The third-order valence-electron chi connectivity index (χ3n) is 4.95. The van der Waals surface area contributed by atoms with Gasteiger partial charge >= 0.3 is 0 Å². The maximum Gasteiger partial charge on any atom is 0.127 e. The van der Waals surface area contributed by atoms with Crippen molar-refractivity contribution >= 4 is 15.9 Å². The normalized spacial score (nSPS) is 24.0. The van der Waals surface area contributed by atoms with Gasteiger partial charge in [-0.05, 0) is 52.2 Å². The second-order valence-corrected chi connectivity index (χ2v) is 7.57. The van der Waals surface area contributed by atoms with E-state index >= 15 is 0 Å². The smallest absolute Gasteiger partial charge is 0.127 e. The van der Waals surface area contributed by atoms with Gasteiger partial charge in [-0.2, -0.15) is 0 Å². The number of rotatable bonds is 4. The minimum absolute atomic E-state index is 0.321. The van der Waals surface area contributed by atoms with E-state index in [2.05, 4.69) is 36.8 Å². The zero-order valence-corrected chi connectivity index (χ0v) is 14.7. The maximum atomic E-state index is 13.9. The first kappa shape index (κ1) is 16.1. The summed E-state index contributed by atoms with van der Waals surface area (Å²) >= 11 is 3.45. The summed E-state index contributed by atoms with van der Waals surface area (Å²) in [5, 5.41) is 0. The number of halogens is 3. The minimum Gasteiger partial charge on any atom is -0.296 e. The van der Waals surface area contributed by atoms with Crippen LogP contribution in [0.5, 0.6) is 0 Å². The van der Waals surface area contributed by atoms with Gasteiger partial charge in [0.05, 0.1) is 0 Å². The van der Waals surface area contributed by atoms with Crippen LogP contribution in [0.25, 0.3) is 0 Å². The molecule has 0 radical (unpaired) electrons. The van der Waals surface area contributed by atoms with Gasteiger partial charge in [-0.15, -0.1) is 0 Å². The lowest BCUT2D eigenvalue weighted by atomic mass is 9.86. The van der Waals surface area contributed by atoms with Crippen molar-refractivity contribution in [3.63, 3.8) is 0 Å². The number of benzene rings is 1. The van der Waals surface area contributed by atoms with Gasteiger partial charge in [-0.1, -0.05) is 0 Å². The SMILES string of the molecule is Fc1ccc(F)c(CN2C3CC2CN(Cc2cncc(Br)c2)C3)c1. The summed E-state index contributed by atoms with van der Waals surface area (Å²) < 4.78 is 28.2. The van der Waals surface area contributed by atoms with E-state index < -0.39 is 0 Å². The number of aromatic nitrogens is 1. The fraction of sp³-hybridized carbons (Fsp3) is 0.389. The summed E-state index contributed by atoms with van der Waals surface area (Å²) in [6, 6.07) is 6.63. The first-order chi connectivity index (χ1) is 11.6. The van der Waals surface area contributed by atoms with Gasteiger partial charge in [-0.3, -0.25) is 14.8 Å². The Hall–Kier alpha value is -1.37. The van der Waals surface area contributed by atoms with Crippen LogP contribution in [0.1, 0.15) is 17.5 Å². The molecular weight excluding hydrogens is 376 g/mol. The summed E-state index contributed by atoms with van der Waals surface area (Å²) in [7, 11) is 0. The number of hydrogen-bond acceptors (Lipinski definition) is 3. The average molecular weight is 394 g/mol. The summed E-state index contributed by atoms with van der Waals surface area (Å²) in [6.07, 6.45) is 4.82. The van der Waals surface area contributed by atoms with E-state index in [1.165, 1.54) is 23.8 Å². The lowest BCUT2D eigenvalue weighted by molar-refractivity contribution is -0.0779. The fourth-order valence-electron chi connectivity index (χ4n) is 3.82. The Balaban J connectivity index is 1.39. The van der Waals surface area contributed by atoms with Crippen LogP contribution >= 0.6 is 15.9 Å². The van der Waals surface area contributed by atoms with Crippen molar-refractivity contribution in [3.8, 4) is 0 Å². The van der Waals surface area contributed by atoms with E-state index in [1.54, 1.807) is 6.20 Å². The first-order valence-electron chi connectivity index (χ1n) is 8.10. The summed E-state index contributed by atoms with van der Waals surface area (Å²) in [6.45, 7) is 3.28. The molecule has 4 heterocycles. The molecular formula is C18H18BrF2N3. The third-order valence-corrected chi connectivity index (χ3v) is 5.38. The summed E-state index contributed by atoms with van der Waals surface area (Å²) in [5.41, 5.74) is 1.64. The van der Waals surface area contributed by atoms with E-state index in [4.69, 9.17) is 0 Å². The molecule has 2 aromatic rings. The minimum atomic E-state index is -0.374. The zero-order valence-electron chi connectivity index (χ0n) is 13.1. The molecule has 1 aromatic heterocycles. The summed E-state index contributed by atoms with van der Waals surface area (Å²) in [4.78, 5) is 8.92. The van der Waals surface area contributed by atoms with Crippen LogP contribution in [0.4, 0.5) is 8.78 Å². The number of piperazine rings is 1. The molecule has 0 spiro atoms. The van der Waals surface area contributed by atoms with Crippen molar-refractivity contribution in [2.24, 2.45) is 0 Å². The van der Waals surface area contributed by atoms with E-state index in [0.29, 0.717) is 24.2 Å². The average Bonchev–Trinajstić information content (AvgIpc) is 2.55. The lowest BCUT2D eigenvalue weighted by Gasteiger charge is -2.56. The molecule has 3 fully saturated rings. The largest absolute Gasteiger partial charge is 0.296 e. The van der Waals surface area contributed by atoms with Gasteiger partial charge in [0.25, 0.3) is 0 Å². The van der Waals surface area contributed by atoms with Gasteiger partial charge in [0.2, 0.25) is 0 Å². The molecule has 2 bridgehead atoms. The van der Waals surface area contributed by atoms with Crippen molar-refractivity contribution in [2.75, 3.05) is 13.1 Å². The Morgan fingerprint density at radius 3 is 2.62 bits per heavy atom. The van der Waals surface area contributed by atoms with Gasteiger partial charge in [0.1, 0.15) is 11.6 Å². The Kier molecular flexibility index (Phi) is 4.37. The number of piperidine rings is 1.